The molecule has 0 unspecified atom stereocenters. The minimum absolute atomic E-state index is 0.0644. The minimum atomic E-state index is -4.40. The Hall–Kier alpha value is -1.97. The monoisotopic (exact) mass is 252 g/mol. The maximum Gasteiger partial charge on any atom is 0.417 e. The summed E-state index contributed by atoms with van der Waals surface area (Å²) in [6, 6.07) is 7.42. The first-order chi connectivity index (χ1) is 8.41. The molecule has 1 nitrogen and oxygen atoms in total. The van der Waals surface area contributed by atoms with Crippen molar-refractivity contribution in [3.05, 3.63) is 53.8 Å². The molecular weight excluding hydrogens is 241 g/mol. The van der Waals surface area contributed by atoms with Crippen LogP contribution in [0.3, 0.4) is 0 Å². The van der Waals surface area contributed by atoms with Crippen LogP contribution in [0.2, 0.25) is 0 Å². The lowest BCUT2D eigenvalue weighted by atomic mass is 10.0. The molecular formula is C14H11F3O. The van der Waals surface area contributed by atoms with Crippen molar-refractivity contribution in [1.29, 1.82) is 0 Å². The maximum atomic E-state index is 12.9. The highest BCUT2D eigenvalue weighted by Crippen LogP contribution is 2.35. The van der Waals surface area contributed by atoms with Gasteiger partial charge in [-0.25, -0.2) is 0 Å². The second-order valence-corrected chi connectivity index (χ2v) is 3.91. The van der Waals surface area contributed by atoms with Crippen LogP contribution in [0.1, 0.15) is 16.9 Å². The van der Waals surface area contributed by atoms with Crippen LogP contribution < -0.4 is 0 Å². The van der Waals surface area contributed by atoms with Gasteiger partial charge in [-0.3, -0.25) is 0 Å². The Bertz CT molecular complexity index is 579. The van der Waals surface area contributed by atoms with Crippen LogP contribution in [0, 0.1) is 6.92 Å². The highest BCUT2D eigenvalue weighted by Gasteiger charge is 2.33. The summed E-state index contributed by atoms with van der Waals surface area (Å²) in [5.41, 5.74) is -0.236. The van der Waals surface area contributed by atoms with E-state index in [9.17, 15) is 13.2 Å². The van der Waals surface area contributed by atoms with E-state index in [2.05, 4.69) is 6.58 Å². The second-order valence-electron chi connectivity index (χ2n) is 3.91. The molecule has 1 aromatic heterocycles. The van der Waals surface area contributed by atoms with E-state index in [4.69, 9.17) is 4.42 Å². The van der Waals surface area contributed by atoms with Crippen LogP contribution >= 0.6 is 0 Å². The average molecular weight is 252 g/mol. The summed E-state index contributed by atoms with van der Waals surface area (Å²) in [5.74, 6) is 1.08. The summed E-state index contributed by atoms with van der Waals surface area (Å²) >= 11 is 0. The number of hydrogen-bond donors (Lipinski definition) is 0. The molecule has 94 valence electrons. The molecule has 0 aliphatic carbocycles. The van der Waals surface area contributed by atoms with Gasteiger partial charge in [-0.15, -0.1) is 0 Å². The van der Waals surface area contributed by atoms with Crippen molar-refractivity contribution in [2.75, 3.05) is 0 Å². The molecule has 18 heavy (non-hydrogen) atoms. The Morgan fingerprint density at radius 2 is 1.89 bits per heavy atom. The normalized spacial score (nSPS) is 11.6. The molecule has 1 aromatic carbocycles. The summed E-state index contributed by atoms with van der Waals surface area (Å²) in [6.07, 6.45) is -3.21. The van der Waals surface area contributed by atoms with E-state index in [1.54, 1.807) is 25.1 Å². The number of rotatable bonds is 2. The van der Waals surface area contributed by atoms with Gasteiger partial charge in [0.1, 0.15) is 11.5 Å². The Morgan fingerprint density at radius 3 is 2.39 bits per heavy atom. The van der Waals surface area contributed by atoms with E-state index < -0.39 is 11.7 Å². The molecule has 0 spiro atoms. The lowest BCUT2D eigenvalue weighted by Gasteiger charge is -2.11. The Balaban J connectivity index is 2.56. The van der Waals surface area contributed by atoms with E-state index in [1.165, 1.54) is 12.1 Å². The Kier molecular flexibility index (Phi) is 3.03. The van der Waals surface area contributed by atoms with Gasteiger partial charge in [0.15, 0.2) is 0 Å². The highest BCUT2D eigenvalue weighted by atomic mass is 19.4. The van der Waals surface area contributed by atoms with Crippen molar-refractivity contribution >= 4 is 6.08 Å². The van der Waals surface area contributed by atoms with E-state index >= 15 is 0 Å². The first kappa shape index (κ1) is 12.5. The average Bonchev–Trinajstić information content (AvgIpc) is 2.74. The number of halogens is 3. The maximum absolute atomic E-state index is 12.9. The molecule has 0 N–H and O–H groups in total. The largest absolute Gasteiger partial charge is 0.461 e. The molecule has 0 fully saturated rings. The molecule has 2 rings (SSSR count). The van der Waals surface area contributed by atoms with Gasteiger partial charge in [-0.2, -0.15) is 13.2 Å². The molecule has 0 saturated carbocycles. The molecule has 4 heteroatoms. The fraction of sp³-hybridized carbons (Fsp3) is 0.143. The highest BCUT2D eigenvalue weighted by molar-refractivity contribution is 5.64. The number of hydrogen-bond acceptors (Lipinski definition) is 1. The van der Waals surface area contributed by atoms with Gasteiger partial charge < -0.3 is 4.42 Å². The predicted octanol–water partition coefficient (Wildman–Crippen LogP) is 4.92. The van der Waals surface area contributed by atoms with Crippen molar-refractivity contribution in [3.63, 3.8) is 0 Å². The number of furan rings is 1. The van der Waals surface area contributed by atoms with Gasteiger partial charge in [-0.05, 0) is 30.7 Å². The van der Waals surface area contributed by atoms with Crippen molar-refractivity contribution in [1.82, 2.24) is 0 Å². The molecule has 1 heterocycles. The van der Waals surface area contributed by atoms with Crippen molar-refractivity contribution in [2.24, 2.45) is 0 Å². The van der Waals surface area contributed by atoms with Crippen LogP contribution in [-0.4, -0.2) is 0 Å². The van der Waals surface area contributed by atoms with Crippen molar-refractivity contribution in [3.8, 4) is 11.3 Å². The van der Waals surface area contributed by atoms with Crippen LogP contribution in [-0.2, 0) is 6.18 Å². The third kappa shape index (κ3) is 2.32. The molecule has 0 amide bonds. The van der Waals surface area contributed by atoms with Gasteiger partial charge in [0.2, 0.25) is 0 Å². The molecule has 0 atom stereocenters. The smallest absolute Gasteiger partial charge is 0.417 e. The first-order valence-corrected chi connectivity index (χ1v) is 5.32. The zero-order valence-electron chi connectivity index (χ0n) is 9.71. The fourth-order valence-electron chi connectivity index (χ4n) is 1.72. The fourth-order valence-corrected chi connectivity index (χ4v) is 1.72. The van der Waals surface area contributed by atoms with E-state index in [-0.39, 0.29) is 5.56 Å². The Labute approximate surface area is 103 Å². The second kappa shape index (κ2) is 4.37. The molecule has 2 aromatic rings. The van der Waals surface area contributed by atoms with E-state index in [1.807, 2.05) is 0 Å². The molecule has 0 radical (unpaired) electrons. The molecule has 0 saturated heterocycles. The Morgan fingerprint density at radius 1 is 1.17 bits per heavy atom. The molecule has 0 aliphatic heterocycles. The zero-order valence-corrected chi connectivity index (χ0v) is 9.71. The van der Waals surface area contributed by atoms with Crippen molar-refractivity contribution in [2.45, 2.75) is 13.1 Å². The summed E-state index contributed by atoms with van der Waals surface area (Å²) in [7, 11) is 0. The summed E-state index contributed by atoms with van der Waals surface area (Å²) in [4.78, 5) is 0. The summed E-state index contributed by atoms with van der Waals surface area (Å²) < 4.78 is 43.9. The van der Waals surface area contributed by atoms with E-state index in [0.717, 1.165) is 6.07 Å². The predicted molar refractivity (Wildman–Crippen MR) is 64.0 cm³/mol. The van der Waals surface area contributed by atoms with Gasteiger partial charge in [0, 0.05) is 5.56 Å². The third-order valence-electron chi connectivity index (χ3n) is 2.60. The van der Waals surface area contributed by atoms with Gasteiger partial charge in [0.25, 0.3) is 0 Å². The van der Waals surface area contributed by atoms with Gasteiger partial charge in [0.05, 0.1) is 5.56 Å². The summed E-state index contributed by atoms with van der Waals surface area (Å²) in [5, 5.41) is 0. The standard InChI is InChI=1S/C14H11F3O/c1-3-10-5-6-11(8-12(10)14(15,16)17)13-7-4-9(2)18-13/h3-8H,1H2,2H3. The number of benzene rings is 1. The number of aryl methyl sites for hydroxylation is 1. The van der Waals surface area contributed by atoms with Crippen LogP contribution in [0.25, 0.3) is 17.4 Å². The summed E-state index contributed by atoms with van der Waals surface area (Å²) in [6.45, 7) is 5.13. The van der Waals surface area contributed by atoms with Gasteiger partial charge >= 0.3 is 6.18 Å². The van der Waals surface area contributed by atoms with Crippen molar-refractivity contribution < 1.29 is 17.6 Å². The SMILES string of the molecule is C=Cc1ccc(-c2ccc(C)o2)cc1C(F)(F)F. The first-order valence-electron chi connectivity index (χ1n) is 5.32. The minimum Gasteiger partial charge on any atom is -0.461 e. The molecule has 0 bridgehead atoms. The van der Waals surface area contributed by atoms with Crippen LogP contribution in [0.15, 0.2) is 41.3 Å². The lowest BCUT2D eigenvalue weighted by Crippen LogP contribution is -2.07. The van der Waals surface area contributed by atoms with Gasteiger partial charge in [-0.1, -0.05) is 24.8 Å². The van der Waals surface area contributed by atoms with Crippen LogP contribution in [0.5, 0.6) is 0 Å². The third-order valence-corrected chi connectivity index (χ3v) is 2.60. The number of alkyl halides is 3. The molecule has 0 aliphatic rings. The zero-order chi connectivity index (χ0) is 13.3. The van der Waals surface area contributed by atoms with E-state index in [0.29, 0.717) is 17.1 Å². The lowest BCUT2D eigenvalue weighted by molar-refractivity contribution is -0.137. The van der Waals surface area contributed by atoms with Crippen LogP contribution in [0.4, 0.5) is 13.2 Å². The quantitative estimate of drug-likeness (QED) is 0.739. The topological polar surface area (TPSA) is 13.1 Å².